The molecule has 0 amide bonds. The van der Waals surface area contributed by atoms with Gasteiger partial charge in [-0.05, 0) is 30.3 Å². The summed E-state index contributed by atoms with van der Waals surface area (Å²) in [6.07, 6.45) is 1.41. The minimum Gasteiger partial charge on any atom is -0.478 e. The van der Waals surface area contributed by atoms with Crippen LogP contribution in [0.3, 0.4) is 0 Å². The van der Waals surface area contributed by atoms with Gasteiger partial charge in [-0.15, -0.1) is 0 Å². The van der Waals surface area contributed by atoms with Gasteiger partial charge in [0.05, 0.1) is 5.56 Å². The first-order valence-corrected chi connectivity index (χ1v) is 4.93. The highest BCUT2D eigenvalue weighted by Crippen LogP contribution is 2.18. The molecule has 0 atom stereocenters. The van der Waals surface area contributed by atoms with Crippen LogP contribution < -0.4 is 4.74 Å². The Kier molecular flexibility index (Phi) is 3.16. The van der Waals surface area contributed by atoms with Gasteiger partial charge in [0.1, 0.15) is 17.5 Å². The van der Waals surface area contributed by atoms with Crippen LogP contribution in [0.2, 0.25) is 0 Å². The van der Waals surface area contributed by atoms with Gasteiger partial charge in [-0.1, -0.05) is 0 Å². The molecule has 0 aliphatic rings. The minimum absolute atomic E-state index is 0.0390. The van der Waals surface area contributed by atoms with E-state index in [0.717, 1.165) is 0 Å². The summed E-state index contributed by atoms with van der Waals surface area (Å²) in [5.41, 5.74) is 0.358. The predicted molar refractivity (Wildman–Crippen MR) is 60.2 cm³/mol. The Balaban J connectivity index is 2.18. The first-order valence-electron chi connectivity index (χ1n) is 4.93. The molecule has 0 bridgehead atoms. The molecule has 1 N–H and O–H groups in total. The standard InChI is InChI=1S/C12H7N3O3/c13-7-9-5-6-14-12(15-9)18-10-3-1-8(2-4-10)11(16)17/h1-6H,(H,16,17). The van der Waals surface area contributed by atoms with Gasteiger partial charge in [-0.2, -0.15) is 10.2 Å². The molecule has 0 radical (unpaired) electrons. The molecule has 2 aromatic rings. The minimum atomic E-state index is -1.01. The number of nitriles is 1. The molecule has 0 spiro atoms. The highest BCUT2D eigenvalue weighted by Gasteiger charge is 2.04. The number of hydrogen-bond donors (Lipinski definition) is 1. The molecule has 0 aliphatic heterocycles. The zero-order chi connectivity index (χ0) is 13.0. The third kappa shape index (κ3) is 2.59. The van der Waals surface area contributed by atoms with Crippen LogP contribution in [0.1, 0.15) is 16.1 Å². The second-order valence-electron chi connectivity index (χ2n) is 3.27. The molecule has 0 saturated carbocycles. The van der Waals surface area contributed by atoms with Gasteiger partial charge in [0.2, 0.25) is 0 Å². The lowest BCUT2D eigenvalue weighted by molar-refractivity contribution is 0.0697. The van der Waals surface area contributed by atoms with Crippen molar-refractivity contribution in [2.24, 2.45) is 0 Å². The number of hydrogen-bond acceptors (Lipinski definition) is 5. The van der Waals surface area contributed by atoms with Crippen molar-refractivity contribution in [3.05, 3.63) is 47.8 Å². The van der Waals surface area contributed by atoms with E-state index in [1.165, 1.54) is 36.5 Å². The van der Waals surface area contributed by atoms with Crippen molar-refractivity contribution >= 4 is 5.97 Å². The third-order valence-corrected chi connectivity index (χ3v) is 2.06. The molecule has 6 heteroatoms. The van der Waals surface area contributed by atoms with Crippen molar-refractivity contribution in [3.8, 4) is 17.8 Å². The summed E-state index contributed by atoms with van der Waals surface area (Å²) in [6, 6.07) is 9.17. The van der Waals surface area contributed by atoms with Crippen molar-refractivity contribution in [3.63, 3.8) is 0 Å². The van der Waals surface area contributed by atoms with E-state index in [-0.39, 0.29) is 17.3 Å². The van der Waals surface area contributed by atoms with Crippen LogP contribution in [0.15, 0.2) is 36.5 Å². The summed E-state index contributed by atoms with van der Waals surface area (Å²) in [5.74, 6) is -0.612. The highest BCUT2D eigenvalue weighted by atomic mass is 16.5. The van der Waals surface area contributed by atoms with Gasteiger partial charge in [0.25, 0.3) is 0 Å². The Morgan fingerprint density at radius 1 is 1.28 bits per heavy atom. The maximum Gasteiger partial charge on any atom is 0.335 e. The van der Waals surface area contributed by atoms with E-state index in [9.17, 15) is 4.79 Å². The zero-order valence-corrected chi connectivity index (χ0v) is 9.07. The number of aromatic carboxylic acids is 1. The van der Waals surface area contributed by atoms with Gasteiger partial charge >= 0.3 is 12.0 Å². The lowest BCUT2D eigenvalue weighted by Gasteiger charge is -2.03. The van der Waals surface area contributed by atoms with E-state index in [0.29, 0.717) is 5.75 Å². The second-order valence-corrected chi connectivity index (χ2v) is 3.27. The summed E-state index contributed by atoms with van der Waals surface area (Å²) in [4.78, 5) is 18.3. The van der Waals surface area contributed by atoms with Crippen molar-refractivity contribution < 1.29 is 14.6 Å². The quantitative estimate of drug-likeness (QED) is 0.880. The Bertz CT molecular complexity index is 617. The average molecular weight is 241 g/mol. The van der Waals surface area contributed by atoms with Crippen molar-refractivity contribution in [2.45, 2.75) is 0 Å². The van der Waals surface area contributed by atoms with E-state index < -0.39 is 5.97 Å². The SMILES string of the molecule is N#Cc1ccnc(Oc2ccc(C(=O)O)cc2)n1. The van der Waals surface area contributed by atoms with Gasteiger partial charge in [-0.25, -0.2) is 9.78 Å². The number of benzene rings is 1. The lowest BCUT2D eigenvalue weighted by Crippen LogP contribution is -1.96. The number of nitrogens with zero attached hydrogens (tertiary/aromatic N) is 3. The van der Waals surface area contributed by atoms with Crippen LogP contribution in [-0.4, -0.2) is 21.0 Å². The number of aromatic nitrogens is 2. The van der Waals surface area contributed by atoms with Crippen LogP contribution in [0.4, 0.5) is 0 Å². The zero-order valence-electron chi connectivity index (χ0n) is 9.07. The molecule has 2 rings (SSSR count). The molecular weight excluding hydrogens is 234 g/mol. The Hall–Kier alpha value is -2.94. The first kappa shape index (κ1) is 11.5. The maximum absolute atomic E-state index is 10.7. The van der Waals surface area contributed by atoms with E-state index in [1.54, 1.807) is 0 Å². The monoisotopic (exact) mass is 241 g/mol. The molecule has 1 aromatic carbocycles. The van der Waals surface area contributed by atoms with Crippen LogP contribution in [-0.2, 0) is 0 Å². The lowest BCUT2D eigenvalue weighted by atomic mass is 10.2. The number of ether oxygens (including phenoxy) is 1. The molecule has 0 aliphatic carbocycles. The number of carbonyl (C=O) groups is 1. The summed E-state index contributed by atoms with van der Waals surface area (Å²) in [7, 11) is 0. The fraction of sp³-hybridized carbons (Fsp3) is 0. The predicted octanol–water partition coefficient (Wildman–Crippen LogP) is 1.84. The molecule has 0 saturated heterocycles. The van der Waals surface area contributed by atoms with Crippen molar-refractivity contribution in [1.29, 1.82) is 5.26 Å². The van der Waals surface area contributed by atoms with E-state index >= 15 is 0 Å². The van der Waals surface area contributed by atoms with Crippen molar-refractivity contribution in [2.75, 3.05) is 0 Å². The largest absolute Gasteiger partial charge is 0.478 e. The molecule has 1 heterocycles. The Labute approximate surface area is 102 Å². The maximum atomic E-state index is 10.7. The molecule has 1 aromatic heterocycles. The first-order chi connectivity index (χ1) is 8.69. The van der Waals surface area contributed by atoms with Gasteiger partial charge in [-0.3, -0.25) is 0 Å². The molecule has 0 fully saturated rings. The summed E-state index contributed by atoms with van der Waals surface area (Å²) in [5, 5.41) is 17.4. The summed E-state index contributed by atoms with van der Waals surface area (Å²) in [6.45, 7) is 0. The van der Waals surface area contributed by atoms with E-state index in [1.807, 2.05) is 6.07 Å². The Morgan fingerprint density at radius 2 is 2.00 bits per heavy atom. The van der Waals surface area contributed by atoms with Gasteiger partial charge in [0, 0.05) is 6.20 Å². The molecular formula is C12H7N3O3. The summed E-state index contributed by atoms with van der Waals surface area (Å²) >= 11 is 0. The average Bonchev–Trinajstić information content (AvgIpc) is 2.39. The normalized spacial score (nSPS) is 9.50. The van der Waals surface area contributed by atoms with Crippen LogP contribution in [0.25, 0.3) is 0 Å². The highest BCUT2D eigenvalue weighted by molar-refractivity contribution is 5.87. The molecule has 0 unspecified atom stereocenters. The van der Waals surface area contributed by atoms with Crippen LogP contribution in [0, 0.1) is 11.3 Å². The van der Waals surface area contributed by atoms with Crippen molar-refractivity contribution in [1.82, 2.24) is 9.97 Å². The van der Waals surface area contributed by atoms with Gasteiger partial charge < -0.3 is 9.84 Å². The van der Waals surface area contributed by atoms with Crippen LogP contribution >= 0.6 is 0 Å². The number of rotatable bonds is 3. The second kappa shape index (κ2) is 4.93. The van der Waals surface area contributed by atoms with Crippen LogP contribution in [0.5, 0.6) is 11.8 Å². The third-order valence-electron chi connectivity index (χ3n) is 2.06. The molecule has 18 heavy (non-hydrogen) atoms. The van der Waals surface area contributed by atoms with E-state index in [2.05, 4.69) is 9.97 Å². The summed E-state index contributed by atoms with van der Waals surface area (Å²) < 4.78 is 5.29. The smallest absolute Gasteiger partial charge is 0.335 e. The van der Waals surface area contributed by atoms with E-state index in [4.69, 9.17) is 15.1 Å². The fourth-order valence-electron chi connectivity index (χ4n) is 1.22. The number of carboxylic acids is 1. The topological polar surface area (TPSA) is 96.1 Å². The fourth-order valence-corrected chi connectivity index (χ4v) is 1.22. The Morgan fingerprint density at radius 3 is 2.61 bits per heavy atom. The number of carboxylic acid groups (broad SMARTS) is 1. The molecule has 88 valence electrons. The molecule has 6 nitrogen and oxygen atoms in total. The van der Waals surface area contributed by atoms with Gasteiger partial charge in [0.15, 0.2) is 0 Å².